The van der Waals surface area contributed by atoms with Gasteiger partial charge in [0.2, 0.25) is 0 Å². The zero-order chi connectivity index (χ0) is 11.5. The van der Waals surface area contributed by atoms with E-state index in [1.807, 2.05) is 0 Å². The van der Waals surface area contributed by atoms with Crippen LogP contribution in [0.3, 0.4) is 0 Å². The summed E-state index contributed by atoms with van der Waals surface area (Å²) >= 11 is 0. The molecule has 1 heterocycles. The zero-order valence-electron chi connectivity index (χ0n) is 8.40. The number of aliphatic hydroxyl groups is 1. The van der Waals surface area contributed by atoms with E-state index in [1.165, 1.54) is 18.3 Å². The van der Waals surface area contributed by atoms with Crippen LogP contribution in [0.4, 0.5) is 8.78 Å². The predicted octanol–water partition coefficient (Wildman–Crippen LogP) is 1.70. The molecule has 0 aliphatic heterocycles. The minimum absolute atomic E-state index is 0.212. The number of aromatic nitrogens is 2. The van der Waals surface area contributed by atoms with Crippen molar-refractivity contribution in [3.8, 4) is 0 Å². The number of benzene rings is 1. The number of nitrogens with zero attached hydrogens (tertiary/aromatic N) is 2. The van der Waals surface area contributed by atoms with Crippen LogP contribution in [0.15, 0.2) is 30.6 Å². The van der Waals surface area contributed by atoms with E-state index in [1.54, 1.807) is 10.8 Å². The number of hydrogen-bond acceptors (Lipinski definition) is 2. The van der Waals surface area contributed by atoms with Crippen molar-refractivity contribution in [2.24, 2.45) is 0 Å². The third-order valence-electron chi connectivity index (χ3n) is 2.30. The third kappa shape index (κ3) is 2.09. The Bertz CT molecular complexity index is 496. The molecule has 84 valence electrons. The van der Waals surface area contributed by atoms with Gasteiger partial charge in [-0.25, -0.2) is 13.8 Å². The molecule has 3 nitrogen and oxygen atoms in total. The first-order valence-corrected chi connectivity index (χ1v) is 4.75. The van der Waals surface area contributed by atoms with Gasteiger partial charge in [-0.05, 0) is 6.07 Å². The number of hydrogen-bond donors (Lipinski definition) is 1. The Morgan fingerprint density at radius 3 is 2.81 bits per heavy atom. The molecule has 2 aromatic rings. The first kappa shape index (κ1) is 10.8. The first-order valence-electron chi connectivity index (χ1n) is 4.75. The fraction of sp³-hybridized carbons (Fsp3) is 0.182. The number of imidazole rings is 1. The lowest BCUT2D eigenvalue weighted by Gasteiger charge is -2.07. The van der Waals surface area contributed by atoms with Gasteiger partial charge in [-0.15, -0.1) is 0 Å². The van der Waals surface area contributed by atoms with Gasteiger partial charge < -0.3 is 9.67 Å². The Labute approximate surface area is 91.0 Å². The van der Waals surface area contributed by atoms with Gasteiger partial charge in [-0.2, -0.15) is 0 Å². The average Bonchev–Trinajstić information content (AvgIpc) is 2.69. The summed E-state index contributed by atoms with van der Waals surface area (Å²) in [4.78, 5) is 3.89. The number of aliphatic hydroxyl groups excluding tert-OH is 1. The molecule has 0 amide bonds. The highest BCUT2D eigenvalue weighted by molar-refractivity contribution is 5.19. The van der Waals surface area contributed by atoms with E-state index >= 15 is 0 Å². The van der Waals surface area contributed by atoms with Crippen LogP contribution < -0.4 is 0 Å². The molecule has 0 aliphatic carbocycles. The van der Waals surface area contributed by atoms with Gasteiger partial charge in [0.15, 0.2) is 0 Å². The summed E-state index contributed by atoms with van der Waals surface area (Å²) < 4.78 is 27.6. The molecule has 0 saturated heterocycles. The molecule has 1 aromatic carbocycles. The topological polar surface area (TPSA) is 38.1 Å². The molecule has 0 fully saturated rings. The van der Waals surface area contributed by atoms with Gasteiger partial charge in [-0.3, -0.25) is 0 Å². The highest BCUT2D eigenvalue weighted by atomic mass is 19.1. The average molecular weight is 224 g/mol. The second-order valence-corrected chi connectivity index (χ2v) is 3.37. The molecule has 0 atom stereocenters. The van der Waals surface area contributed by atoms with Crippen molar-refractivity contribution in [2.75, 3.05) is 0 Å². The maximum Gasteiger partial charge on any atom is 0.134 e. The molecule has 0 bridgehead atoms. The summed E-state index contributed by atoms with van der Waals surface area (Å²) in [6.45, 7) is 0.0117. The van der Waals surface area contributed by atoms with E-state index in [-0.39, 0.29) is 13.2 Å². The van der Waals surface area contributed by atoms with Gasteiger partial charge in [0.25, 0.3) is 0 Å². The quantitative estimate of drug-likeness (QED) is 0.861. The van der Waals surface area contributed by atoms with Crippen LogP contribution >= 0.6 is 0 Å². The number of rotatable bonds is 3. The van der Waals surface area contributed by atoms with E-state index in [0.29, 0.717) is 11.4 Å². The van der Waals surface area contributed by atoms with Crippen LogP contribution in [0.2, 0.25) is 0 Å². The molecule has 16 heavy (non-hydrogen) atoms. The van der Waals surface area contributed by atoms with Gasteiger partial charge in [0.05, 0.1) is 6.54 Å². The summed E-state index contributed by atoms with van der Waals surface area (Å²) in [6.07, 6.45) is 3.15. The molecular formula is C11H10F2N2O. The predicted molar refractivity (Wildman–Crippen MR) is 53.6 cm³/mol. The lowest BCUT2D eigenvalue weighted by atomic mass is 10.2. The molecule has 0 spiro atoms. The Balaban J connectivity index is 2.27. The second-order valence-electron chi connectivity index (χ2n) is 3.37. The monoisotopic (exact) mass is 224 g/mol. The summed E-state index contributed by atoms with van der Waals surface area (Å²) in [5.74, 6) is -0.754. The maximum atomic E-state index is 13.3. The highest BCUT2D eigenvalue weighted by Gasteiger charge is 2.07. The van der Waals surface area contributed by atoms with Crippen molar-refractivity contribution in [3.63, 3.8) is 0 Å². The van der Waals surface area contributed by atoms with Crippen molar-refractivity contribution >= 4 is 0 Å². The molecule has 1 aromatic heterocycles. The van der Waals surface area contributed by atoms with Gasteiger partial charge in [0, 0.05) is 24.0 Å². The van der Waals surface area contributed by atoms with Crippen molar-refractivity contribution in [1.82, 2.24) is 9.55 Å². The molecular weight excluding hydrogens is 214 g/mol. The van der Waals surface area contributed by atoms with Crippen LogP contribution in [-0.2, 0) is 13.2 Å². The fourth-order valence-electron chi connectivity index (χ4n) is 1.47. The van der Waals surface area contributed by atoms with Crippen LogP contribution in [0.25, 0.3) is 0 Å². The summed E-state index contributed by atoms with van der Waals surface area (Å²) in [5.41, 5.74) is 0.356. The smallest absolute Gasteiger partial charge is 0.134 e. The molecule has 0 saturated carbocycles. The Hall–Kier alpha value is -1.75. The zero-order valence-corrected chi connectivity index (χ0v) is 8.40. The maximum absolute atomic E-state index is 13.3. The second kappa shape index (κ2) is 4.40. The van der Waals surface area contributed by atoms with Crippen LogP contribution in [0.5, 0.6) is 0 Å². The van der Waals surface area contributed by atoms with E-state index in [2.05, 4.69) is 4.98 Å². The minimum atomic E-state index is -0.603. The lowest BCUT2D eigenvalue weighted by Crippen LogP contribution is -2.05. The summed E-state index contributed by atoms with van der Waals surface area (Å²) in [6, 6.07) is 3.42. The molecule has 0 radical (unpaired) electrons. The van der Waals surface area contributed by atoms with Crippen LogP contribution in [0, 0.1) is 11.6 Å². The minimum Gasteiger partial charge on any atom is -0.388 e. The Morgan fingerprint density at radius 1 is 1.31 bits per heavy atom. The molecule has 2 rings (SSSR count). The van der Waals surface area contributed by atoms with Crippen molar-refractivity contribution < 1.29 is 13.9 Å². The van der Waals surface area contributed by atoms with E-state index < -0.39 is 11.6 Å². The highest BCUT2D eigenvalue weighted by Crippen LogP contribution is 2.12. The SMILES string of the molecule is OCc1nccn1Cc1ccc(F)cc1F. The van der Waals surface area contributed by atoms with Crippen molar-refractivity contribution in [2.45, 2.75) is 13.2 Å². The Kier molecular flexibility index (Phi) is 2.96. The largest absolute Gasteiger partial charge is 0.388 e. The van der Waals surface area contributed by atoms with Crippen molar-refractivity contribution in [1.29, 1.82) is 0 Å². The van der Waals surface area contributed by atoms with Crippen LogP contribution in [0.1, 0.15) is 11.4 Å². The van der Waals surface area contributed by atoms with E-state index in [0.717, 1.165) is 6.07 Å². The van der Waals surface area contributed by atoms with E-state index in [9.17, 15) is 8.78 Å². The third-order valence-corrected chi connectivity index (χ3v) is 2.30. The lowest BCUT2D eigenvalue weighted by molar-refractivity contribution is 0.266. The van der Waals surface area contributed by atoms with Gasteiger partial charge in [0.1, 0.15) is 24.1 Å². The first-order chi connectivity index (χ1) is 7.70. The van der Waals surface area contributed by atoms with Crippen LogP contribution in [-0.4, -0.2) is 14.7 Å². The van der Waals surface area contributed by atoms with Gasteiger partial charge in [-0.1, -0.05) is 6.07 Å². The standard InChI is InChI=1S/C11H10F2N2O/c12-9-2-1-8(10(13)5-9)6-15-4-3-14-11(15)7-16/h1-5,16H,6-7H2. The molecule has 1 N–H and O–H groups in total. The summed E-state index contributed by atoms with van der Waals surface area (Å²) in [5, 5.41) is 8.96. The summed E-state index contributed by atoms with van der Waals surface area (Å²) in [7, 11) is 0. The van der Waals surface area contributed by atoms with E-state index in [4.69, 9.17) is 5.11 Å². The molecule has 0 aliphatic rings. The normalized spacial score (nSPS) is 10.7. The molecule has 5 heteroatoms. The molecule has 0 unspecified atom stereocenters. The fourth-order valence-corrected chi connectivity index (χ4v) is 1.47. The number of halogens is 2. The van der Waals surface area contributed by atoms with Gasteiger partial charge >= 0.3 is 0 Å². The Morgan fingerprint density at radius 2 is 2.12 bits per heavy atom. The van der Waals surface area contributed by atoms with Crippen molar-refractivity contribution in [3.05, 3.63) is 53.6 Å².